The van der Waals surface area contributed by atoms with Crippen LogP contribution in [0.1, 0.15) is 34.0 Å². The topological polar surface area (TPSA) is 74.4 Å². The van der Waals surface area contributed by atoms with Crippen molar-refractivity contribution in [2.24, 2.45) is 0 Å². The molecule has 1 aliphatic heterocycles. The molecule has 2 aromatic heterocycles. The maximum atomic E-state index is 13.0. The predicted molar refractivity (Wildman–Crippen MR) is 117 cm³/mol. The Morgan fingerprint density at radius 3 is 2.83 bits per heavy atom. The van der Waals surface area contributed by atoms with Crippen LogP contribution in [0.2, 0.25) is 4.34 Å². The van der Waals surface area contributed by atoms with Crippen LogP contribution in [0.3, 0.4) is 0 Å². The van der Waals surface area contributed by atoms with Gasteiger partial charge in [0.2, 0.25) is 5.91 Å². The van der Waals surface area contributed by atoms with Crippen molar-refractivity contribution < 1.29 is 14.3 Å². The molecule has 0 radical (unpaired) electrons. The summed E-state index contributed by atoms with van der Waals surface area (Å²) in [6, 6.07) is 11.7. The number of aromatic amines is 1. The van der Waals surface area contributed by atoms with E-state index in [2.05, 4.69) is 22.4 Å². The number of amides is 2. The molecule has 3 aromatic rings. The highest BCUT2D eigenvalue weighted by molar-refractivity contribution is 7.22. The second-order valence-electron chi connectivity index (χ2n) is 7.80. The summed E-state index contributed by atoms with van der Waals surface area (Å²) in [5.41, 5.74) is 2.87. The van der Waals surface area contributed by atoms with E-state index in [4.69, 9.17) is 16.3 Å². The average molecular weight is 444 g/mol. The summed E-state index contributed by atoms with van der Waals surface area (Å²) in [6.07, 6.45) is 1.11. The van der Waals surface area contributed by atoms with E-state index >= 15 is 0 Å². The molecule has 1 fully saturated rings. The zero-order valence-corrected chi connectivity index (χ0v) is 17.9. The third-order valence-electron chi connectivity index (χ3n) is 5.98. The molecule has 1 aromatic carbocycles. The number of aromatic nitrogens is 1. The van der Waals surface area contributed by atoms with Crippen LogP contribution in [0.15, 0.2) is 36.4 Å². The molecule has 6 nitrogen and oxygen atoms in total. The molecule has 3 heterocycles. The monoisotopic (exact) mass is 443 g/mol. The molecule has 0 spiro atoms. The molecule has 8 heteroatoms. The van der Waals surface area contributed by atoms with Gasteiger partial charge in [0.15, 0.2) is 0 Å². The van der Waals surface area contributed by atoms with Gasteiger partial charge < -0.3 is 19.9 Å². The van der Waals surface area contributed by atoms with Gasteiger partial charge in [-0.05, 0) is 29.7 Å². The first kappa shape index (κ1) is 19.6. The first-order chi connectivity index (χ1) is 14.6. The average Bonchev–Trinajstić information content (AvgIpc) is 3.40. The van der Waals surface area contributed by atoms with E-state index in [1.165, 1.54) is 16.9 Å². The van der Waals surface area contributed by atoms with Gasteiger partial charge in [0.05, 0.1) is 17.6 Å². The minimum atomic E-state index is -0.156. The first-order valence-corrected chi connectivity index (χ1v) is 11.3. The van der Waals surface area contributed by atoms with Gasteiger partial charge in [0.25, 0.3) is 5.91 Å². The Balaban J connectivity index is 1.35. The number of thiophene rings is 1. The summed E-state index contributed by atoms with van der Waals surface area (Å²) >= 11 is 7.45. The molecule has 0 unspecified atom stereocenters. The van der Waals surface area contributed by atoms with Crippen LogP contribution in [0.4, 0.5) is 0 Å². The third-order valence-corrected chi connectivity index (χ3v) is 7.17. The molecule has 2 amide bonds. The van der Waals surface area contributed by atoms with E-state index in [1.54, 1.807) is 0 Å². The van der Waals surface area contributed by atoms with Gasteiger partial charge in [-0.25, -0.2) is 0 Å². The Bertz CT molecular complexity index is 1070. The van der Waals surface area contributed by atoms with Crippen LogP contribution in [0.25, 0.3) is 10.2 Å². The molecule has 2 N–H and O–H groups in total. The first-order valence-electron chi connectivity index (χ1n) is 10.1. The number of ether oxygens (including phenoxy) is 1. The minimum absolute atomic E-state index is 0.0361. The van der Waals surface area contributed by atoms with Crippen LogP contribution in [0.5, 0.6) is 0 Å². The van der Waals surface area contributed by atoms with E-state index in [0.717, 1.165) is 22.2 Å². The highest BCUT2D eigenvalue weighted by Crippen LogP contribution is 2.36. The lowest BCUT2D eigenvalue weighted by Gasteiger charge is -2.29. The lowest BCUT2D eigenvalue weighted by molar-refractivity contribution is -0.135. The van der Waals surface area contributed by atoms with Crippen molar-refractivity contribution in [2.45, 2.75) is 24.8 Å². The molecule has 30 heavy (non-hydrogen) atoms. The van der Waals surface area contributed by atoms with Crippen LogP contribution in [-0.2, 0) is 16.0 Å². The number of hydrogen-bond donors (Lipinski definition) is 2. The normalized spacial score (nSPS) is 21.0. The lowest BCUT2D eigenvalue weighted by Crippen LogP contribution is -2.43. The molecule has 2 atom stereocenters. The van der Waals surface area contributed by atoms with E-state index < -0.39 is 0 Å². The maximum absolute atomic E-state index is 13.0. The molecular formula is C22H22ClN3O3S. The lowest BCUT2D eigenvalue weighted by atomic mass is 9.93. The number of morpholine rings is 1. The van der Waals surface area contributed by atoms with Gasteiger partial charge in [-0.15, -0.1) is 11.3 Å². The number of rotatable bonds is 4. The van der Waals surface area contributed by atoms with Crippen LogP contribution in [-0.4, -0.2) is 54.0 Å². The SMILES string of the molecule is O=C(N[C@@H]1Cc2ccccc2[C@H]1CC(=O)N1CCOCC1)c1cc2cc(Cl)sc2[nH]1. The quantitative estimate of drug-likeness (QED) is 0.647. The molecule has 0 bridgehead atoms. The molecule has 1 saturated heterocycles. The number of H-pyrrole nitrogens is 1. The molecule has 2 aliphatic rings. The van der Waals surface area contributed by atoms with Gasteiger partial charge in [-0.2, -0.15) is 0 Å². The highest BCUT2D eigenvalue weighted by atomic mass is 35.5. The summed E-state index contributed by atoms with van der Waals surface area (Å²) in [4.78, 5) is 31.8. The van der Waals surface area contributed by atoms with Crippen molar-refractivity contribution in [3.8, 4) is 0 Å². The molecule has 0 saturated carbocycles. The van der Waals surface area contributed by atoms with E-state index in [0.29, 0.717) is 42.8 Å². The number of carbonyl (C=O) groups is 2. The number of carbonyl (C=O) groups excluding carboxylic acids is 2. The maximum Gasteiger partial charge on any atom is 0.267 e. The predicted octanol–water partition coefficient (Wildman–Crippen LogP) is 3.57. The fourth-order valence-electron chi connectivity index (χ4n) is 4.47. The van der Waals surface area contributed by atoms with Gasteiger partial charge in [-0.3, -0.25) is 9.59 Å². The number of benzene rings is 1. The Kier molecular flexibility index (Phi) is 5.26. The molecular weight excluding hydrogens is 422 g/mol. The summed E-state index contributed by atoms with van der Waals surface area (Å²) in [5.74, 6) is -0.0727. The Morgan fingerprint density at radius 1 is 1.23 bits per heavy atom. The Morgan fingerprint density at radius 2 is 2.03 bits per heavy atom. The van der Waals surface area contributed by atoms with E-state index in [-0.39, 0.29) is 23.8 Å². The number of halogens is 1. The zero-order chi connectivity index (χ0) is 20.7. The van der Waals surface area contributed by atoms with Crippen molar-refractivity contribution in [2.75, 3.05) is 26.3 Å². The molecule has 5 rings (SSSR count). The third kappa shape index (κ3) is 3.73. The largest absolute Gasteiger partial charge is 0.378 e. The second-order valence-corrected chi connectivity index (χ2v) is 9.49. The zero-order valence-electron chi connectivity index (χ0n) is 16.3. The van der Waals surface area contributed by atoms with Crippen LogP contribution >= 0.6 is 22.9 Å². The number of nitrogens with one attached hydrogen (secondary N) is 2. The molecule has 156 valence electrons. The fraction of sp³-hybridized carbons (Fsp3) is 0.364. The number of nitrogens with zero attached hydrogens (tertiary/aromatic N) is 1. The standard InChI is InChI=1S/C22H22ClN3O3S/c23-19-11-14-10-18(25-22(14)30-19)21(28)24-17-9-13-3-1-2-4-15(13)16(17)12-20(27)26-5-7-29-8-6-26/h1-4,10-11,16-17,25H,5-9,12H2,(H,24,28)/t16-,17-/m1/s1. The van der Waals surface area contributed by atoms with Crippen molar-refractivity contribution in [1.82, 2.24) is 15.2 Å². The Labute approximate surface area is 183 Å². The van der Waals surface area contributed by atoms with Crippen LogP contribution in [0, 0.1) is 0 Å². The van der Waals surface area contributed by atoms with Gasteiger partial charge >= 0.3 is 0 Å². The summed E-state index contributed by atoms with van der Waals surface area (Å²) in [7, 11) is 0. The number of fused-ring (bicyclic) bond motifs is 2. The van der Waals surface area contributed by atoms with Crippen molar-refractivity contribution in [3.63, 3.8) is 0 Å². The number of hydrogen-bond acceptors (Lipinski definition) is 4. The summed E-state index contributed by atoms with van der Waals surface area (Å²) in [6.45, 7) is 2.43. The van der Waals surface area contributed by atoms with Crippen LogP contribution < -0.4 is 5.32 Å². The van der Waals surface area contributed by atoms with Crippen molar-refractivity contribution in [3.05, 3.63) is 57.6 Å². The highest BCUT2D eigenvalue weighted by Gasteiger charge is 2.36. The van der Waals surface area contributed by atoms with Crippen molar-refractivity contribution in [1.29, 1.82) is 0 Å². The van der Waals surface area contributed by atoms with Gasteiger partial charge in [-0.1, -0.05) is 35.9 Å². The van der Waals surface area contributed by atoms with E-state index in [1.807, 2.05) is 29.2 Å². The minimum Gasteiger partial charge on any atom is -0.378 e. The van der Waals surface area contributed by atoms with Gasteiger partial charge in [0, 0.05) is 36.9 Å². The second kappa shape index (κ2) is 8.06. The Hall–Kier alpha value is -2.35. The summed E-state index contributed by atoms with van der Waals surface area (Å²) in [5, 5.41) is 4.11. The smallest absolute Gasteiger partial charge is 0.267 e. The molecule has 1 aliphatic carbocycles. The van der Waals surface area contributed by atoms with E-state index in [9.17, 15) is 9.59 Å². The van der Waals surface area contributed by atoms with Gasteiger partial charge in [0.1, 0.15) is 10.5 Å². The fourth-order valence-corrected chi connectivity index (χ4v) is 5.60. The van der Waals surface area contributed by atoms with Crippen molar-refractivity contribution >= 4 is 45.0 Å². The summed E-state index contributed by atoms with van der Waals surface area (Å²) < 4.78 is 6.05.